The molecule has 0 radical (unpaired) electrons. The molecule has 1 N–H and O–H groups in total. The molecule has 1 atom stereocenters. The van der Waals surface area contributed by atoms with Crippen LogP contribution in [0.5, 0.6) is 0 Å². The summed E-state index contributed by atoms with van der Waals surface area (Å²) in [6.07, 6.45) is 9.48. The molecule has 0 aromatic heterocycles. The van der Waals surface area contributed by atoms with Gasteiger partial charge in [0.2, 0.25) is 16.6 Å². The number of hydrogen-bond acceptors (Lipinski definition) is 2. The van der Waals surface area contributed by atoms with Crippen LogP contribution in [-0.2, 0) is 4.79 Å². The lowest BCUT2D eigenvalue weighted by atomic mass is 9.52. The number of halogens is 1. The maximum Gasteiger partial charge on any atom is 0.361 e. The molecule has 4 bridgehead atoms. The largest absolute Gasteiger partial charge is 0.476 e. The summed E-state index contributed by atoms with van der Waals surface area (Å²) in [7, 11) is 0. The summed E-state index contributed by atoms with van der Waals surface area (Å²) in [5.41, 5.74) is 1.31. The molecule has 1 aromatic rings. The smallest absolute Gasteiger partial charge is 0.361 e. The molecule has 4 fully saturated rings. The Balaban J connectivity index is 1.73. The predicted molar refractivity (Wildman–Crippen MR) is 101 cm³/mol. The summed E-state index contributed by atoms with van der Waals surface area (Å²) in [6.45, 7) is 0. The van der Waals surface area contributed by atoms with E-state index in [1.165, 1.54) is 38.5 Å². The molecule has 5 heteroatoms. The van der Waals surface area contributed by atoms with Crippen molar-refractivity contribution in [3.8, 4) is 0 Å². The van der Waals surface area contributed by atoms with Gasteiger partial charge < -0.3 is 5.11 Å². The van der Waals surface area contributed by atoms with Crippen LogP contribution in [0.3, 0.4) is 0 Å². The van der Waals surface area contributed by atoms with Crippen LogP contribution in [0.2, 0.25) is 0 Å². The predicted octanol–water partition coefficient (Wildman–Crippen LogP) is 4.65. The summed E-state index contributed by atoms with van der Waals surface area (Å²) in [4.78, 5) is 16.1. The second-order valence-electron chi connectivity index (χ2n) is 8.39. The van der Waals surface area contributed by atoms with Gasteiger partial charge in [-0.1, -0.05) is 18.2 Å². The molecule has 4 saturated carbocycles. The van der Waals surface area contributed by atoms with Gasteiger partial charge in [0.05, 0.1) is 0 Å². The van der Waals surface area contributed by atoms with E-state index in [0.29, 0.717) is 9.09 Å². The molecule has 1 aromatic carbocycles. The molecule has 1 heterocycles. The standard InChI is InChI=1S/C20H21BrN2O2/c21-18-17(19(24)25)22-12-23(18,16-4-2-1-3-5-16)20-9-13-6-14(10-20)8-15(7-13)11-20/h1-5,12-15H,6-11H2/p+1. The van der Waals surface area contributed by atoms with Crippen LogP contribution >= 0.6 is 15.9 Å². The van der Waals surface area contributed by atoms with Gasteiger partial charge >= 0.3 is 5.97 Å². The third-order valence-corrected chi connectivity index (χ3v) is 7.92. The van der Waals surface area contributed by atoms with Gasteiger partial charge in [-0.15, -0.1) is 0 Å². The number of aliphatic carboxylic acids is 1. The number of carbonyl (C=O) groups is 1. The number of carboxylic acid groups (broad SMARTS) is 1. The van der Waals surface area contributed by atoms with Crippen LogP contribution < -0.4 is 4.48 Å². The van der Waals surface area contributed by atoms with Gasteiger partial charge in [0, 0.05) is 47.3 Å². The fourth-order valence-electron chi connectivity index (χ4n) is 6.50. The maximum atomic E-state index is 11.7. The fraction of sp³-hybridized carbons (Fsp3) is 0.500. The molecule has 5 aliphatic rings. The summed E-state index contributed by atoms with van der Waals surface area (Å²) in [5.74, 6) is 1.40. The molecule has 6 rings (SSSR count). The van der Waals surface area contributed by atoms with Crippen LogP contribution in [0.4, 0.5) is 5.69 Å². The highest BCUT2D eigenvalue weighted by Crippen LogP contribution is 2.62. The van der Waals surface area contributed by atoms with Gasteiger partial charge in [-0.2, -0.15) is 4.99 Å². The van der Waals surface area contributed by atoms with Crippen molar-refractivity contribution < 1.29 is 9.90 Å². The zero-order chi connectivity index (χ0) is 17.2. The van der Waals surface area contributed by atoms with E-state index in [0.717, 1.165) is 23.4 Å². The Morgan fingerprint density at radius 1 is 1.08 bits per heavy atom. The molecule has 1 unspecified atom stereocenters. The van der Waals surface area contributed by atoms with Crippen molar-refractivity contribution in [3.63, 3.8) is 0 Å². The third-order valence-electron chi connectivity index (χ3n) is 6.99. The second-order valence-corrected chi connectivity index (χ2v) is 9.14. The van der Waals surface area contributed by atoms with E-state index >= 15 is 0 Å². The average Bonchev–Trinajstić information content (AvgIpc) is 2.93. The molecule has 4 nitrogen and oxygen atoms in total. The highest BCUT2D eigenvalue weighted by atomic mass is 79.9. The van der Waals surface area contributed by atoms with Crippen molar-refractivity contribution >= 4 is 33.9 Å². The first-order valence-corrected chi connectivity index (χ1v) is 9.97. The maximum absolute atomic E-state index is 11.7. The molecular weight excluding hydrogens is 380 g/mol. The Kier molecular flexibility index (Phi) is 3.32. The van der Waals surface area contributed by atoms with Gasteiger partial charge in [0.1, 0.15) is 11.2 Å². The molecule has 0 amide bonds. The zero-order valence-electron chi connectivity index (χ0n) is 14.1. The Morgan fingerprint density at radius 3 is 2.12 bits per heavy atom. The Bertz CT molecular complexity index is 766. The van der Waals surface area contributed by atoms with Crippen molar-refractivity contribution in [2.75, 3.05) is 0 Å². The monoisotopic (exact) mass is 401 g/mol. The van der Waals surface area contributed by atoms with Gasteiger partial charge in [-0.25, -0.2) is 9.28 Å². The van der Waals surface area contributed by atoms with Crippen molar-refractivity contribution in [3.05, 3.63) is 40.6 Å². The lowest BCUT2D eigenvalue weighted by Gasteiger charge is -2.61. The van der Waals surface area contributed by atoms with Crippen molar-refractivity contribution in [1.29, 1.82) is 0 Å². The van der Waals surface area contributed by atoms with Crippen molar-refractivity contribution in [2.45, 2.75) is 44.1 Å². The first-order chi connectivity index (χ1) is 12.0. The molecule has 4 aliphatic carbocycles. The fourth-order valence-corrected chi connectivity index (χ4v) is 7.45. The first kappa shape index (κ1) is 15.8. The quantitative estimate of drug-likeness (QED) is 0.591. The highest BCUT2D eigenvalue weighted by molar-refractivity contribution is 9.11. The zero-order valence-corrected chi connectivity index (χ0v) is 15.7. The van der Waals surface area contributed by atoms with Crippen LogP contribution in [0.25, 0.3) is 0 Å². The Hall–Kier alpha value is -1.46. The summed E-state index contributed by atoms with van der Waals surface area (Å²) < 4.78 is 1.16. The van der Waals surface area contributed by atoms with Crippen molar-refractivity contribution in [1.82, 2.24) is 4.48 Å². The highest BCUT2D eigenvalue weighted by Gasteiger charge is 2.65. The number of nitrogens with zero attached hydrogens (tertiary/aromatic N) is 2. The minimum atomic E-state index is -0.955. The molecule has 25 heavy (non-hydrogen) atoms. The minimum absolute atomic E-state index is 0.0373. The van der Waals surface area contributed by atoms with Crippen LogP contribution in [-0.4, -0.2) is 23.0 Å². The van der Waals surface area contributed by atoms with E-state index in [1.54, 1.807) is 0 Å². The topological polar surface area (TPSA) is 49.7 Å². The Labute approximate surface area is 156 Å². The Morgan fingerprint density at radius 2 is 1.64 bits per heavy atom. The normalized spacial score (nSPS) is 41.6. The first-order valence-electron chi connectivity index (χ1n) is 9.17. The number of quaternary nitrogens is 1. The number of carboxylic acids is 1. The van der Waals surface area contributed by atoms with Crippen LogP contribution in [0.15, 0.2) is 45.6 Å². The van der Waals surface area contributed by atoms with E-state index in [-0.39, 0.29) is 11.2 Å². The number of benzene rings is 1. The molecule has 1 aliphatic heterocycles. The van der Waals surface area contributed by atoms with Gasteiger partial charge in [-0.3, -0.25) is 0 Å². The summed E-state index contributed by atoms with van der Waals surface area (Å²) in [6, 6.07) is 10.3. The average molecular weight is 402 g/mol. The number of aliphatic imine (C=N–C) groups is 1. The molecule has 0 saturated heterocycles. The van der Waals surface area contributed by atoms with Gasteiger partial charge in [0.25, 0.3) is 0 Å². The molecule has 130 valence electrons. The van der Waals surface area contributed by atoms with E-state index < -0.39 is 5.97 Å². The molecule has 0 spiro atoms. The SMILES string of the molecule is O=C(O)C1=C(Br)[N+](c2ccccc2)(C23CC4CC(CC(C4)C2)C3)C=N1. The van der Waals surface area contributed by atoms with E-state index in [9.17, 15) is 9.90 Å². The minimum Gasteiger partial charge on any atom is -0.476 e. The van der Waals surface area contributed by atoms with Crippen LogP contribution in [0.1, 0.15) is 38.5 Å². The molecular formula is C20H22BrN2O2+. The lowest BCUT2D eigenvalue weighted by molar-refractivity contribution is -0.132. The van der Waals surface area contributed by atoms with E-state index in [2.05, 4.69) is 33.1 Å². The lowest BCUT2D eigenvalue weighted by Crippen LogP contribution is -2.69. The van der Waals surface area contributed by atoms with E-state index in [4.69, 9.17) is 0 Å². The second kappa shape index (κ2) is 5.27. The number of para-hydroxylation sites is 1. The van der Waals surface area contributed by atoms with Gasteiger partial charge in [0.15, 0.2) is 0 Å². The third kappa shape index (κ3) is 2.02. The summed E-state index contributed by atoms with van der Waals surface area (Å²) >= 11 is 3.70. The van der Waals surface area contributed by atoms with Crippen molar-refractivity contribution in [2.24, 2.45) is 22.7 Å². The van der Waals surface area contributed by atoms with Crippen LogP contribution in [0, 0.1) is 17.8 Å². The van der Waals surface area contributed by atoms with E-state index in [1.807, 2.05) is 24.5 Å². The summed E-state index contributed by atoms with van der Waals surface area (Å²) in [5, 5.41) is 9.63. The number of rotatable bonds is 3. The number of hydrogen-bond donors (Lipinski definition) is 1. The van der Waals surface area contributed by atoms with Gasteiger partial charge in [-0.05, 0) is 37.0 Å².